The SMILES string of the molecule is CCc1nc2ccccc2n1-c1nc(N2CCOCC2)c2nc(CN3CCN(CC(C)(C)O)CC3)n(C)c2n1. The summed E-state index contributed by atoms with van der Waals surface area (Å²) in [6.07, 6.45) is 0.777. The van der Waals surface area contributed by atoms with Gasteiger partial charge in [0.05, 0.1) is 36.4 Å². The number of anilines is 1. The predicted octanol–water partition coefficient (Wildman–Crippen LogP) is 1.99. The monoisotopic (exact) mass is 533 g/mol. The van der Waals surface area contributed by atoms with Crippen LogP contribution in [0.4, 0.5) is 5.82 Å². The molecule has 11 heteroatoms. The van der Waals surface area contributed by atoms with E-state index in [0.29, 0.717) is 25.7 Å². The number of para-hydroxylation sites is 2. The summed E-state index contributed by atoms with van der Waals surface area (Å²) in [5.41, 5.74) is 2.94. The van der Waals surface area contributed by atoms with Crippen LogP contribution in [0.15, 0.2) is 24.3 Å². The molecule has 4 aromatic rings. The van der Waals surface area contributed by atoms with E-state index in [4.69, 9.17) is 24.7 Å². The fourth-order valence-corrected chi connectivity index (χ4v) is 5.71. The van der Waals surface area contributed by atoms with Crippen LogP contribution in [0.3, 0.4) is 0 Å². The van der Waals surface area contributed by atoms with E-state index in [1.165, 1.54) is 0 Å². The normalized spacial score (nSPS) is 18.0. The topological polar surface area (TPSA) is 101 Å². The lowest BCUT2D eigenvalue weighted by atomic mass is 10.1. The molecule has 0 radical (unpaired) electrons. The molecule has 1 N–H and O–H groups in total. The Kier molecular flexibility index (Phi) is 7.00. The van der Waals surface area contributed by atoms with Gasteiger partial charge in [0, 0.05) is 59.3 Å². The molecule has 0 aliphatic carbocycles. The van der Waals surface area contributed by atoms with Gasteiger partial charge in [-0.15, -0.1) is 0 Å². The minimum atomic E-state index is -0.677. The van der Waals surface area contributed by atoms with Crippen LogP contribution < -0.4 is 4.90 Å². The number of fused-ring (bicyclic) bond motifs is 2. The second kappa shape index (κ2) is 10.5. The Morgan fingerprint density at radius 1 is 0.897 bits per heavy atom. The second-order valence-electron chi connectivity index (χ2n) is 11.3. The fraction of sp³-hybridized carbons (Fsp3) is 0.571. The number of rotatable bonds is 7. The number of imidazole rings is 2. The molecule has 0 spiro atoms. The summed E-state index contributed by atoms with van der Waals surface area (Å²) >= 11 is 0. The molecule has 5 heterocycles. The molecule has 3 aromatic heterocycles. The van der Waals surface area contributed by atoms with Crippen molar-refractivity contribution in [1.29, 1.82) is 0 Å². The van der Waals surface area contributed by atoms with Crippen LogP contribution in [0, 0.1) is 0 Å². The number of hydrogen-bond acceptors (Lipinski definition) is 9. The molecule has 0 bridgehead atoms. The maximum atomic E-state index is 10.2. The third kappa shape index (κ3) is 5.23. The number of aryl methyl sites for hydroxylation is 2. The van der Waals surface area contributed by atoms with Crippen molar-refractivity contribution in [3.63, 3.8) is 0 Å². The lowest BCUT2D eigenvalue weighted by molar-refractivity contribution is 0.0162. The molecule has 0 saturated carbocycles. The molecule has 0 amide bonds. The van der Waals surface area contributed by atoms with Crippen LogP contribution in [0.5, 0.6) is 0 Å². The van der Waals surface area contributed by atoms with Gasteiger partial charge in [0.15, 0.2) is 17.0 Å². The number of benzene rings is 1. The quantitative estimate of drug-likeness (QED) is 0.382. The van der Waals surface area contributed by atoms with Gasteiger partial charge < -0.3 is 19.3 Å². The summed E-state index contributed by atoms with van der Waals surface area (Å²) in [5.74, 6) is 3.40. The largest absolute Gasteiger partial charge is 0.389 e. The van der Waals surface area contributed by atoms with E-state index in [9.17, 15) is 5.11 Å². The van der Waals surface area contributed by atoms with Crippen molar-refractivity contribution in [3.8, 4) is 5.95 Å². The van der Waals surface area contributed by atoms with Gasteiger partial charge in [-0.05, 0) is 26.0 Å². The van der Waals surface area contributed by atoms with Crippen LogP contribution in [-0.2, 0) is 24.8 Å². The first-order chi connectivity index (χ1) is 18.8. The van der Waals surface area contributed by atoms with Gasteiger partial charge in [-0.1, -0.05) is 19.1 Å². The van der Waals surface area contributed by atoms with E-state index in [2.05, 4.69) is 43.9 Å². The van der Waals surface area contributed by atoms with Gasteiger partial charge >= 0.3 is 0 Å². The van der Waals surface area contributed by atoms with Crippen molar-refractivity contribution in [2.75, 3.05) is 63.9 Å². The molecular formula is C28H39N9O2. The number of ether oxygens (including phenoxy) is 1. The molecule has 2 fully saturated rings. The van der Waals surface area contributed by atoms with Crippen molar-refractivity contribution in [3.05, 3.63) is 35.9 Å². The Morgan fingerprint density at radius 3 is 2.33 bits per heavy atom. The van der Waals surface area contributed by atoms with Gasteiger partial charge in [0.1, 0.15) is 11.6 Å². The minimum absolute atomic E-state index is 0.629. The van der Waals surface area contributed by atoms with Gasteiger partial charge in [-0.25, -0.2) is 9.97 Å². The molecule has 2 saturated heterocycles. The zero-order valence-electron chi connectivity index (χ0n) is 23.5. The lowest BCUT2D eigenvalue weighted by Gasteiger charge is -2.37. The summed E-state index contributed by atoms with van der Waals surface area (Å²) in [6.45, 7) is 13.9. The lowest BCUT2D eigenvalue weighted by Crippen LogP contribution is -2.50. The molecule has 2 aliphatic heterocycles. The predicted molar refractivity (Wildman–Crippen MR) is 151 cm³/mol. The summed E-state index contributed by atoms with van der Waals surface area (Å²) in [6, 6.07) is 8.16. The highest BCUT2D eigenvalue weighted by atomic mass is 16.5. The van der Waals surface area contributed by atoms with Crippen molar-refractivity contribution >= 4 is 28.0 Å². The smallest absolute Gasteiger partial charge is 0.239 e. The highest BCUT2D eigenvalue weighted by Gasteiger charge is 2.27. The highest BCUT2D eigenvalue weighted by molar-refractivity contribution is 5.86. The zero-order chi connectivity index (χ0) is 27.1. The second-order valence-corrected chi connectivity index (χ2v) is 11.3. The summed E-state index contributed by atoms with van der Waals surface area (Å²) in [7, 11) is 2.06. The molecule has 208 valence electrons. The van der Waals surface area contributed by atoms with E-state index in [1.54, 1.807) is 0 Å². The van der Waals surface area contributed by atoms with Gasteiger partial charge in [0.25, 0.3) is 0 Å². The number of morpholine rings is 1. The maximum absolute atomic E-state index is 10.2. The van der Waals surface area contributed by atoms with Crippen molar-refractivity contribution in [1.82, 2.24) is 38.9 Å². The molecule has 0 unspecified atom stereocenters. The summed E-state index contributed by atoms with van der Waals surface area (Å²) in [4.78, 5) is 27.3. The van der Waals surface area contributed by atoms with Crippen molar-refractivity contribution < 1.29 is 9.84 Å². The van der Waals surface area contributed by atoms with Crippen LogP contribution in [0.25, 0.3) is 28.1 Å². The molecule has 1 aromatic carbocycles. The van der Waals surface area contributed by atoms with Crippen LogP contribution >= 0.6 is 0 Å². The zero-order valence-corrected chi connectivity index (χ0v) is 23.5. The molecule has 2 aliphatic rings. The summed E-state index contributed by atoms with van der Waals surface area (Å²) < 4.78 is 9.86. The Balaban J connectivity index is 1.38. The fourth-order valence-electron chi connectivity index (χ4n) is 5.71. The summed E-state index contributed by atoms with van der Waals surface area (Å²) in [5, 5.41) is 10.2. The van der Waals surface area contributed by atoms with E-state index in [-0.39, 0.29) is 0 Å². The van der Waals surface area contributed by atoms with Crippen LogP contribution in [0.1, 0.15) is 32.4 Å². The van der Waals surface area contributed by atoms with E-state index in [0.717, 1.165) is 91.9 Å². The Morgan fingerprint density at radius 2 is 1.62 bits per heavy atom. The first-order valence-electron chi connectivity index (χ1n) is 14.0. The Hall–Kier alpha value is -3.12. The number of hydrogen-bond donors (Lipinski definition) is 1. The van der Waals surface area contributed by atoms with Gasteiger partial charge in [-0.3, -0.25) is 14.4 Å². The number of nitrogens with zero attached hydrogens (tertiary/aromatic N) is 9. The molecule has 6 rings (SSSR count). The molecular weight excluding hydrogens is 494 g/mol. The minimum Gasteiger partial charge on any atom is -0.389 e. The van der Waals surface area contributed by atoms with Crippen LogP contribution in [-0.4, -0.2) is 109 Å². The van der Waals surface area contributed by atoms with E-state index < -0.39 is 5.60 Å². The molecule has 0 atom stereocenters. The Labute approximate surface area is 229 Å². The number of aliphatic hydroxyl groups is 1. The van der Waals surface area contributed by atoms with Gasteiger partial charge in [0.2, 0.25) is 5.95 Å². The average molecular weight is 534 g/mol. The van der Waals surface area contributed by atoms with Gasteiger partial charge in [-0.2, -0.15) is 9.97 Å². The number of piperazine rings is 1. The van der Waals surface area contributed by atoms with Crippen molar-refractivity contribution in [2.24, 2.45) is 7.05 Å². The first kappa shape index (κ1) is 26.1. The standard InChI is InChI=1S/C28H39N9O2/c1-5-22-29-20-8-6-7-9-21(20)37(22)27-31-25-24(26(32-27)36-14-16-39-17-15-36)30-23(33(25)4)18-34-10-12-35(13-11-34)19-28(2,3)38/h6-9,38H,5,10-19H2,1-4H3. The third-order valence-electron chi connectivity index (χ3n) is 7.68. The average Bonchev–Trinajstić information content (AvgIpc) is 3.46. The molecule has 11 nitrogen and oxygen atoms in total. The Bertz CT molecular complexity index is 1460. The highest BCUT2D eigenvalue weighted by Crippen LogP contribution is 2.29. The maximum Gasteiger partial charge on any atom is 0.239 e. The van der Waals surface area contributed by atoms with E-state index >= 15 is 0 Å². The molecule has 39 heavy (non-hydrogen) atoms. The van der Waals surface area contributed by atoms with Crippen LogP contribution in [0.2, 0.25) is 0 Å². The first-order valence-corrected chi connectivity index (χ1v) is 14.0. The van der Waals surface area contributed by atoms with Crippen molar-refractivity contribution in [2.45, 2.75) is 39.3 Å². The van der Waals surface area contributed by atoms with E-state index in [1.807, 2.05) is 32.0 Å². The third-order valence-corrected chi connectivity index (χ3v) is 7.68. The number of β-amino-alcohol motifs (C(OH)–C–C–N with tert-alkyl or cyclic N) is 1. The number of aromatic nitrogens is 6.